The number of ether oxygens (including phenoxy) is 1. The summed E-state index contributed by atoms with van der Waals surface area (Å²) in [6.45, 7) is 2.69. The fourth-order valence-electron chi connectivity index (χ4n) is 2.62. The molecule has 0 spiro atoms. The number of carbonyl (C=O) groups is 2. The monoisotopic (exact) mass is 450 g/mol. The molecule has 0 aromatic heterocycles. The molecular weight excluding hydrogens is 418 g/mol. The van der Waals surface area contributed by atoms with E-state index in [0.29, 0.717) is 24.9 Å². The summed E-state index contributed by atoms with van der Waals surface area (Å²) >= 11 is 0. The molecule has 2 N–H and O–H groups in total. The number of carbonyl (C=O) groups excluding carboxylic acids is 2. The van der Waals surface area contributed by atoms with Gasteiger partial charge in [-0.2, -0.15) is 0 Å². The highest BCUT2D eigenvalue weighted by Gasteiger charge is 2.15. The summed E-state index contributed by atoms with van der Waals surface area (Å²) in [5.41, 5.74) is 1.05. The van der Waals surface area contributed by atoms with Crippen LogP contribution in [0.15, 0.2) is 36.4 Å². The van der Waals surface area contributed by atoms with Crippen LogP contribution in [0.2, 0.25) is 0 Å². The van der Waals surface area contributed by atoms with Crippen molar-refractivity contribution in [1.82, 2.24) is 9.80 Å². The number of hydrogen-bond donors (Lipinski definition) is 2. The first-order chi connectivity index (χ1) is 15.2. The lowest BCUT2D eigenvalue weighted by molar-refractivity contribution is 0.0601. The van der Waals surface area contributed by atoms with Crippen LogP contribution in [0.3, 0.4) is 0 Å². The predicted octanol–water partition coefficient (Wildman–Crippen LogP) is 3.20. The zero-order valence-electron chi connectivity index (χ0n) is 19.2. The maximum atomic E-state index is 13.6. The summed E-state index contributed by atoms with van der Waals surface area (Å²) in [6.07, 6.45) is 0.654. The number of esters is 1. The molecule has 0 amide bonds. The number of anilines is 2. The van der Waals surface area contributed by atoms with Gasteiger partial charge in [0.15, 0.2) is 6.29 Å². The van der Waals surface area contributed by atoms with Crippen molar-refractivity contribution < 1.29 is 23.1 Å². The van der Waals surface area contributed by atoms with Gasteiger partial charge < -0.3 is 25.2 Å². The average Bonchev–Trinajstić information content (AvgIpc) is 2.75. The van der Waals surface area contributed by atoms with Crippen molar-refractivity contribution in [2.75, 3.05) is 72.1 Å². The maximum Gasteiger partial charge on any atom is 0.340 e. The lowest BCUT2D eigenvalue weighted by atomic mass is 10.1. The maximum absolute atomic E-state index is 13.6. The molecular formula is C23H32F2N4O3. The number of benzene rings is 2. The Hall–Kier alpha value is -3.04. The quantitative estimate of drug-likeness (QED) is 0.425. The third-order valence-corrected chi connectivity index (χ3v) is 4.31. The molecule has 0 bridgehead atoms. The van der Waals surface area contributed by atoms with Crippen molar-refractivity contribution in [1.29, 1.82) is 0 Å². The van der Waals surface area contributed by atoms with E-state index < -0.39 is 17.6 Å². The molecule has 0 aliphatic carbocycles. The van der Waals surface area contributed by atoms with Gasteiger partial charge in [0, 0.05) is 31.7 Å². The van der Waals surface area contributed by atoms with Crippen molar-refractivity contribution in [3.63, 3.8) is 0 Å². The van der Waals surface area contributed by atoms with Gasteiger partial charge in [-0.25, -0.2) is 13.6 Å². The van der Waals surface area contributed by atoms with Crippen LogP contribution in [0.5, 0.6) is 0 Å². The first kappa shape index (κ1) is 27.0. The van der Waals surface area contributed by atoms with E-state index in [-0.39, 0.29) is 16.9 Å². The van der Waals surface area contributed by atoms with E-state index in [0.717, 1.165) is 13.1 Å². The zero-order valence-corrected chi connectivity index (χ0v) is 19.2. The molecule has 2 aromatic rings. The Balaban J connectivity index is 0.000000323. The average molecular weight is 451 g/mol. The molecule has 0 unspecified atom stereocenters. The molecule has 0 fully saturated rings. The summed E-state index contributed by atoms with van der Waals surface area (Å²) in [7, 11) is 8.98. The van der Waals surface area contributed by atoms with E-state index in [1.807, 2.05) is 38.0 Å². The number of aldehydes is 1. The Morgan fingerprint density at radius 2 is 1.41 bits per heavy atom. The van der Waals surface area contributed by atoms with Gasteiger partial charge in [0.25, 0.3) is 0 Å². The first-order valence-corrected chi connectivity index (χ1v) is 10.1. The van der Waals surface area contributed by atoms with E-state index in [4.69, 9.17) is 0 Å². The predicted molar refractivity (Wildman–Crippen MR) is 124 cm³/mol. The highest BCUT2D eigenvalue weighted by atomic mass is 19.1. The van der Waals surface area contributed by atoms with Gasteiger partial charge in [-0.15, -0.1) is 0 Å². The molecule has 2 aromatic carbocycles. The zero-order chi connectivity index (χ0) is 24.1. The largest absolute Gasteiger partial charge is 0.465 e. The van der Waals surface area contributed by atoms with Gasteiger partial charge in [0.05, 0.1) is 24.0 Å². The topological polar surface area (TPSA) is 73.9 Å². The minimum Gasteiger partial charge on any atom is -0.465 e. The second kappa shape index (κ2) is 14.1. The third-order valence-electron chi connectivity index (χ3n) is 4.31. The van der Waals surface area contributed by atoms with E-state index in [2.05, 4.69) is 15.4 Å². The lowest BCUT2D eigenvalue weighted by Gasteiger charge is -2.14. The number of rotatable bonds is 10. The second-order valence-electron chi connectivity index (χ2n) is 7.44. The molecule has 0 saturated heterocycles. The van der Waals surface area contributed by atoms with Crippen LogP contribution in [0.4, 0.5) is 20.2 Å². The summed E-state index contributed by atoms with van der Waals surface area (Å²) in [5.74, 6) is -1.39. The molecule has 2 rings (SSSR count). The number of halogens is 2. The second-order valence-corrected chi connectivity index (χ2v) is 7.44. The van der Waals surface area contributed by atoms with Crippen molar-refractivity contribution in [3.05, 3.63) is 59.2 Å². The van der Waals surface area contributed by atoms with Gasteiger partial charge in [0.2, 0.25) is 0 Å². The number of para-hydroxylation sites is 2. The van der Waals surface area contributed by atoms with E-state index >= 15 is 0 Å². The SMILES string of the molecule is CN(C)CCNc1c(F)cccc1C=O.COC(=O)c1cccc(F)c1NCCN(C)C. The summed E-state index contributed by atoms with van der Waals surface area (Å²) in [4.78, 5) is 26.0. The molecule has 7 nitrogen and oxygen atoms in total. The fraction of sp³-hybridized carbons (Fsp3) is 0.391. The number of nitrogens with zero attached hydrogens (tertiary/aromatic N) is 2. The van der Waals surface area contributed by atoms with Gasteiger partial charge in [0.1, 0.15) is 11.6 Å². The standard InChI is InChI=1S/C12H17FN2O2.C11H15FN2O/c1-15(2)8-7-14-11-9(12(16)17-3)5-4-6-10(11)13;1-14(2)7-6-13-11-9(8-15)4-3-5-10(11)12/h4-6,14H,7-8H2,1-3H3;3-5,8,13H,6-7H2,1-2H3. The van der Waals surface area contributed by atoms with Crippen molar-refractivity contribution in [2.24, 2.45) is 0 Å². The summed E-state index contributed by atoms with van der Waals surface area (Å²) in [5, 5.41) is 5.83. The summed E-state index contributed by atoms with van der Waals surface area (Å²) in [6, 6.07) is 8.78. The smallest absolute Gasteiger partial charge is 0.340 e. The van der Waals surface area contributed by atoms with Gasteiger partial charge in [-0.3, -0.25) is 4.79 Å². The van der Waals surface area contributed by atoms with Crippen molar-refractivity contribution in [2.45, 2.75) is 0 Å². The van der Waals surface area contributed by atoms with Crippen LogP contribution >= 0.6 is 0 Å². The highest BCUT2D eigenvalue weighted by molar-refractivity contribution is 5.95. The molecule has 0 atom stereocenters. The van der Waals surface area contributed by atoms with Gasteiger partial charge in [-0.1, -0.05) is 12.1 Å². The molecule has 176 valence electrons. The molecule has 0 heterocycles. The third kappa shape index (κ3) is 8.99. The Morgan fingerprint density at radius 3 is 1.91 bits per heavy atom. The highest BCUT2D eigenvalue weighted by Crippen LogP contribution is 2.20. The Kier molecular flexibility index (Phi) is 11.9. The van der Waals surface area contributed by atoms with Gasteiger partial charge >= 0.3 is 5.97 Å². The molecule has 32 heavy (non-hydrogen) atoms. The molecule has 0 aliphatic heterocycles. The van der Waals surface area contributed by atoms with E-state index in [1.54, 1.807) is 6.07 Å². The van der Waals surface area contributed by atoms with Crippen LogP contribution in [0, 0.1) is 11.6 Å². The Bertz CT molecular complexity index is 876. The van der Waals surface area contributed by atoms with Crippen LogP contribution in [-0.2, 0) is 4.74 Å². The normalized spacial score (nSPS) is 10.4. The minimum atomic E-state index is -0.545. The van der Waals surface area contributed by atoms with Crippen molar-refractivity contribution in [3.8, 4) is 0 Å². The van der Waals surface area contributed by atoms with Crippen LogP contribution in [0.1, 0.15) is 20.7 Å². The van der Waals surface area contributed by atoms with E-state index in [1.165, 1.54) is 37.4 Å². The van der Waals surface area contributed by atoms with Crippen LogP contribution < -0.4 is 10.6 Å². The number of likely N-dealkylation sites (N-methyl/N-ethyl adjacent to an activating group) is 2. The molecule has 0 aliphatic rings. The van der Waals surface area contributed by atoms with Crippen LogP contribution in [-0.4, -0.2) is 83.5 Å². The Labute approximate surface area is 188 Å². The summed E-state index contributed by atoms with van der Waals surface area (Å²) < 4.78 is 31.5. The Morgan fingerprint density at radius 1 is 0.906 bits per heavy atom. The fourth-order valence-corrected chi connectivity index (χ4v) is 2.62. The lowest BCUT2D eigenvalue weighted by Crippen LogP contribution is -2.22. The number of methoxy groups -OCH3 is 1. The first-order valence-electron chi connectivity index (χ1n) is 10.1. The van der Waals surface area contributed by atoms with E-state index in [9.17, 15) is 18.4 Å². The minimum absolute atomic E-state index is 0.196. The molecule has 9 heteroatoms. The number of hydrogen-bond acceptors (Lipinski definition) is 7. The van der Waals surface area contributed by atoms with Crippen LogP contribution in [0.25, 0.3) is 0 Å². The molecule has 0 radical (unpaired) electrons. The van der Waals surface area contributed by atoms with Crippen molar-refractivity contribution >= 4 is 23.6 Å². The van der Waals surface area contributed by atoms with Gasteiger partial charge in [-0.05, 0) is 52.5 Å². The molecule has 0 saturated carbocycles. The number of nitrogens with one attached hydrogen (secondary N) is 2.